The standard InChI is InChI=1S/C25H17N5O2S/c26-14-17-19(18-12-7-13-32-18)20-21(27)22(33-24(20)29-23(17)28)25(31)30(15-8-3-1-4-9-15)16-10-5-2-6-11-16/h1-13H,27H2,(H2,28,29). The van der Waals surface area contributed by atoms with Gasteiger partial charge in [0.25, 0.3) is 5.91 Å². The molecule has 3 aromatic heterocycles. The molecule has 0 spiro atoms. The van der Waals surface area contributed by atoms with E-state index in [1.165, 1.54) is 6.26 Å². The van der Waals surface area contributed by atoms with Gasteiger partial charge in [0.15, 0.2) is 0 Å². The Balaban J connectivity index is 1.75. The highest BCUT2D eigenvalue weighted by Crippen LogP contribution is 2.44. The number of pyridine rings is 1. The van der Waals surface area contributed by atoms with Crippen LogP contribution in [0.2, 0.25) is 0 Å². The number of nitrogens with two attached hydrogens (primary N) is 2. The SMILES string of the molecule is N#Cc1c(N)nc2sc(C(=O)N(c3ccccc3)c3ccccc3)c(N)c2c1-c1ccco1. The smallest absolute Gasteiger partial charge is 0.275 e. The van der Waals surface area contributed by atoms with Crippen LogP contribution in [0.3, 0.4) is 0 Å². The highest BCUT2D eigenvalue weighted by molar-refractivity contribution is 7.21. The molecule has 160 valence electrons. The normalized spacial score (nSPS) is 10.8. The summed E-state index contributed by atoms with van der Waals surface area (Å²) in [7, 11) is 0. The van der Waals surface area contributed by atoms with Gasteiger partial charge in [-0.1, -0.05) is 36.4 Å². The average molecular weight is 452 g/mol. The first-order valence-electron chi connectivity index (χ1n) is 10.00. The highest BCUT2D eigenvalue weighted by Gasteiger charge is 2.29. The number of fused-ring (bicyclic) bond motifs is 1. The number of anilines is 4. The van der Waals surface area contributed by atoms with Crippen molar-refractivity contribution < 1.29 is 9.21 Å². The number of rotatable bonds is 4. The van der Waals surface area contributed by atoms with Crippen LogP contribution < -0.4 is 16.4 Å². The number of benzene rings is 2. The van der Waals surface area contributed by atoms with E-state index in [1.807, 2.05) is 60.7 Å². The van der Waals surface area contributed by atoms with E-state index in [0.717, 1.165) is 11.3 Å². The van der Waals surface area contributed by atoms with Crippen LogP contribution in [0.4, 0.5) is 22.9 Å². The summed E-state index contributed by atoms with van der Waals surface area (Å²) in [5.74, 6) is 0.173. The third-order valence-electron chi connectivity index (χ3n) is 5.21. The lowest BCUT2D eigenvalue weighted by Gasteiger charge is -2.22. The van der Waals surface area contributed by atoms with E-state index < -0.39 is 0 Å². The number of carbonyl (C=O) groups is 1. The van der Waals surface area contributed by atoms with Crippen molar-refractivity contribution in [3.8, 4) is 17.4 Å². The molecule has 2 aromatic carbocycles. The molecular weight excluding hydrogens is 434 g/mol. The minimum Gasteiger partial charge on any atom is -0.464 e. The molecule has 0 saturated heterocycles. The van der Waals surface area contributed by atoms with Crippen LogP contribution in [0.15, 0.2) is 83.5 Å². The second kappa shape index (κ2) is 8.15. The third-order valence-corrected chi connectivity index (χ3v) is 6.30. The van der Waals surface area contributed by atoms with Gasteiger partial charge >= 0.3 is 0 Å². The van der Waals surface area contributed by atoms with Gasteiger partial charge in [-0.05, 0) is 36.4 Å². The van der Waals surface area contributed by atoms with Crippen molar-refractivity contribution in [2.24, 2.45) is 0 Å². The number of para-hydroxylation sites is 2. The predicted octanol–water partition coefficient (Wildman–Crippen LogP) is 5.57. The summed E-state index contributed by atoms with van der Waals surface area (Å²) >= 11 is 1.14. The molecule has 1 amide bonds. The van der Waals surface area contributed by atoms with Gasteiger partial charge in [0.2, 0.25) is 0 Å². The second-order valence-corrected chi connectivity index (χ2v) is 8.17. The molecule has 0 fully saturated rings. The van der Waals surface area contributed by atoms with Crippen molar-refractivity contribution >= 4 is 50.3 Å². The van der Waals surface area contributed by atoms with Crippen LogP contribution in [-0.2, 0) is 0 Å². The Morgan fingerprint density at radius 2 is 1.61 bits per heavy atom. The van der Waals surface area contributed by atoms with Gasteiger partial charge in [-0.3, -0.25) is 9.69 Å². The summed E-state index contributed by atoms with van der Waals surface area (Å²) in [6.07, 6.45) is 1.50. The largest absolute Gasteiger partial charge is 0.464 e. The Bertz CT molecular complexity index is 1460. The van der Waals surface area contributed by atoms with Crippen molar-refractivity contribution in [3.05, 3.63) is 89.5 Å². The Labute approximate surface area is 193 Å². The van der Waals surface area contributed by atoms with Gasteiger partial charge in [-0.15, -0.1) is 11.3 Å². The lowest BCUT2D eigenvalue weighted by Crippen LogP contribution is -2.25. The zero-order chi connectivity index (χ0) is 22.9. The van der Waals surface area contributed by atoms with Crippen LogP contribution in [0, 0.1) is 11.3 Å². The molecule has 0 aliphatic heterocycles. The van der Waals surface area contributed by atoms with E-state index in [9.17, 15) is 10.1 Å². The van der Waals surface area contributed by atoms with Gasteiger partial charge in [0, 0.05) is 16.8 Å². The number of furan rings is 1. The van der Waals surface area contributed by atoms with Gasteiger partial charge in [-0.2, -0.15) is 5.26 Å². The number of amides is 1. The summed E-state index contributed by atoms with van der Waals surface area (Å²) < 4.78 is 5.56. The maximum absolute atomic E-state index is 13.9. The lowest BCUT2D eigenvalue weighted by molar-refractivity contribution is 0.100. The minimum atomic E-state index is -0.310. The molecule has 0 radical (unpaired) electrons. The van der Waals surface area contributed by atoms with Crippen molar-refractivity contribution in [2.75, 3.05) is 16.4 Å². The van der Waals surface area contributed by atoms with Crippen molar-refractivity contribution in [3.63, 3.8) is 0 Å². The highest BCUT2D eigenvalue weighted by atomic mass is 32.1. The Kier molecular flexibility index (Phi) is 5.01. The van der Waals surface area contributed by atoms with Crippen LogP contribution in [0.5, 0.6) is 0 Å². The first kappa shape index (κ1) is 20.3. The number of nitriles is 1. The molecular formula is C25H17N5O2S. The van der Waals surface area contributed by atoms with E-state index in [1.54, 1.807) is 17.0 Å². The van der Waals surface area contributed by atoms with E-state index in [0.29, 0.717) is 37.8 Å². The van der Waals surface area contributed by atoms with Crippen LogP contribution in [-0.4, -0.2) is 10.9 Å². The Hall–Kier alpha value is -4.61. The molecule has 0 atom stereocenters. The summed E-state index contributed by atoms with van der Waals surface area (Å²) in [5, 5.41) is 10.2. The van der Waals surface area contributed by atoms with Gasteiger partial charge in [0.1, 0.15) is 32.9 Å². The second-order valence-electron chi connectivity index (χ2n) is 7.17. The topological polar surface area (TPSA) is 122 Å². The summed E-state index contributed by atoms with van der Waals surface area (Å²) in [5.41, 5.74) is 14.8. The zero-order valence-electron chi connectivity index (χ0n) is 17.2. The quantitative estimate of drug-likeness (QED) is 0.368. The molecule has 3 heterocycles. The summed E-state index contributed by atoms with van der Waals surface area (Å²) in [6.45, 7) is 0. The van der Waals surface area contributed by atoms with E-state index in [2.05, 4.69) is 11.1 Å². The van der Waals surface area contributed by atoms with Gasteiger partial charge in [0.05, 0.1) is 17.5 Å². The summed E-state index contributed by atoms with van der Waals surface area (Å²) in [6, 6.07) is 24.2. The number of carbonyl (C=O) groups excluding carboxylic acids is 1. The molecule has 0 unspecified atom stereocenters. The van der Waals surface area contributed by atoms with Crippen molar-refractivity contribution in [1.82, 2.24) is 4.98 Å². The first-order valence-corrected chi connectivity index (χ1v) is 10.8. The average Bonchev–Trinajstić information content (AvgIpc) is 3.48. The number of hydrogen-bond acceptors (Lipinski definition) is 7. The van der Waals surface area contributed by atoms with E-state index in [4.69, 9.17) is 15.9 Å². The van der Waals surface area contributed by atoms with Crippen molar-refractivity contribution in [1.29, 1.82) is 5.26 Å². The minimum absolute atomic E-state index is 0.0552. The monoisotopic (exact) mass is 451 g/mol. The van der Waals surface area contributed by atoms with Crippen molar-refractivity contribution in [2.45, 2.75) is 0 Å². The maximum Gasteiger partial charge on any atom is 0.275 e. The molecule has 0 aliphatic rings. The molecule has 4 N–H and O–H groups in total. The first-order chi connectivity index (χ1) is 16.1. The van der Waals surface area contributed by atoms with Gasteiger partial charge < -0.3 is 15.9 Å². The molecule has 5 rings (SSSR count). The van der Waals surface area contributed by atoms with Gasteiger partial charge in [-0.25, -0.2) is 4.98 Å². The van der Waals surface area contributed by atoms with Crippen LogP contribution >= 0.6 is 11.3 Å². The van der Waals surface area contributed by atoms with Crippen LogP contribution in [0.1, 0.15) is 15.2 Å². The maximum atomic E-state index is 13.9. The molecule has 33 heavy (non-hydrogen) atoms. The number of hydrogen-bond donors (Lipinski definition) is 2. The molecule has 0 saturated carbocycles. The number of nitrogens with zero attached hydrogens (tertiary/aromatic N) is 3. The van der Waals surface area contributed by atoms with E-state index >= 15 is 0 Å². The zero-order valence-corrected chi connectivity index (χ0v) is 18.0. The number of nitrogen functional groups attached to an aromatic ring is 2. The molecule has 0 aliphatic carbocycles. The summed E-state index contributed by atoms with van der Waals surface area (Å²) in [4.78, 5) is 20.6. The molecule has 7 nitrogen and oxygen atoms in total. The Morgan fingerprint density at radius 1 is 0.970 bits per heavy atom. The number of aromatic nitrogens is 1. The van der Waals surface area contributed by atoms with Crippen LogP contribution in [0.25, 0.3) is 21.5 Å². The lowest BCUT2D eigenvalue weighted by atomic mass is 10.0. The third kappa shape index (κ3) is 3.37. The number of thiophene rings is 1. The molecule has 8 heteroatoms. The van der Waals surface area contributed by atoms with E-state index in [-0.39, 0.29) is 23.0 Å². The fourth-order valence-electron chi connectivity index (χ4n) is 3.75. The fourth-order valence-corrected chi connectivity index (χ4v) is 4.79. The molecule has 0 bridgehead atoms. The Morgan fingerprint density at radius 3 is 2.15 bits per heavy atom. The predicted molar refractivity (Wildman–Crippen MR) is 130 cm³/mol. The molecule has 5 aromatic rings. The fraction of sp³-hybridized carbons (Fsp3) is 0.